The second-order valence-electron chi connectivity index (χ2n) is 7.84. The SMILES string of the molecule is CCN1CCN(c2ccc(F)cc2C(C)NC(=O)Cc2csc(-c3ccc(Cl)s3)n2)CC1. The predicted molar refractivity (Wildman–Crippen MR) is 131 cm³/mol. The fraction of sp³-hybridized carbons (Fsp3) is 0.391. The summed E-state index contributed by atoms with van der Waals surface area (Å²) >= 11 is 8.98. The molecule has 0 saturated carbocycles. The molecule has 170 valence electrons. The number of rotatable bonds is 7. The van der Waals surface area contributed by atoms with E-state index in [9.17, 15) is 9.18 Å². The number of thiazole rings is 1. The van der Waals surface area contributed by atoms with Crippen molar-refractivity contribution in [2.24, 2.45) is 0 Å². The Kier molecular flexibility index (Phi) is 7.45. The van der Waals surface area contributed by atoms with Crippen LogP contribution in [-0.2, 0) is 11.2 Å². The highest BCUT2D eigenvalue weighted by Crippen LogP contribution is 2.33. The summed E-state index contributed by atoms with van der Waals surface area (Å²) in [5.74, 6) is -0.430. The molecule has 1 aliphatic heterocycles. The molecule has 5 nitrogen and oxygen atoms in total. The molecule has 1 unspecified atom stereocenters. The van der Waals surface area contributed by atoms with Crippen molar-refractivity contribution in [2.75, 3.05) is 37.6 Å². The molecule has 1 aliphatic rings. The average molecular weight is 493 g/mol. The van der Waals surface area contributed by atoms with Crippen molar-refractivity contribution in [3.8, 4) is 9.88 Å². The summed E-state index contributed by atoms with van der Waals surface area (Å²) in [5.41, 5.74) is 2.50. The normalized spacial score (nSPS) is 15.7. The topological polar surface area (TPSA) is 48.5 Å². The van der Waals surface area contributed by atoms with E-state index in [1.807, 2.05) is 30.5 Å². The summed E-state index contributed by atoms with van der Waals surface area (Å²) in [4.78, 5) is 23.0. The Bertz CT molecular complexity index is 1080. The second-order valence-corrected chi connectivity index (χ2v) is 10.4. The van der Waals surface area contributed by atoms with Gasteiger partial charge in [0.05, 0.1) is 27.4 Å². The molecule has 32 heavy (non-hydrogen) atoms. The van der Waals surface area contributed by atoms with Gasteiger partial charge in [0.1, 0.15) is 10.8 Å². The number of amides is 1. The highest BCUT2D eigenvalue weighted by atomic mass is 35.5. The zero-order chi connectivity index (χ0) is 22.7. The summed E-state index contributed by atoms with van der Waals surface area (Å²) in [6, 6.07) is 8.32. The molecular formula is C23H26ClFN4OS2. The maximum absolute atomic E-state index is 14.1. The van der Waals surface area contributed by atoms with Crippen LogP contribution in [0.15, 0.2) is 35.7 Å². The quantitative estimate of drug-likeness (QED) is 0.491. The van der Waals surface area contributed by atoms with Crippen LogP contribution in [-0.4, -0.2) is 48.5 Å². The third-order valence-corrected chi connectivity index (χ3v) is 7.96. The van der Waals surface area contributed by atoms with Crippen LogP contribution in [0.25, 0.3) is 9.88 Å². The number of hydrogen-bond donors (Lipinski definition) is 1. The minimum absolute atomic E-state index is 0.135. The van der Waals surface area contributed by atoms with E-state index in [0.29, 0.717) is 4.34 Å². The Labute approximate surface area is 200 Å². The fourth-order valence-electron chi connectivity index (χ4n) is 3.93. The molecule has 4 rings (SSSR count). The van der Waals surface area contributed by atoms with E-state index >= 15 is 0 Å². The van der Waals surface area contributed by atoms with Gasteiger partial charge >= 0.3 is 0 Å². The number of likely N-dealkylation sites (N-methyl/N-ethyl adjacent to an activating group) is 1. The number of carbonyl (C=O) groups excluding carboxylic acids is 1. The van der Waals surface area contributed by atoms with E-state index in [1.54, 1.807) is 0 Å². The molecule has 9 heteroatoms. The number of carbonyl (C=O) groups is 1. The Morgan fingerprint density at radius 1 is 1.25 bits per heavy atom. The Morgan fingerprint density at radius 2 is 2.03 bits per heavy atom. The zero-order valence-electron chi connectivity index (χ0n) is 18.1. The lowest BCUT2D eigenvalue weighted by molar-refractivity contribution is -0.121. The molecule has 0 aliphatic carbocycles. The molecule has 0 bridgehead atoms. The van der Waals surface area contributed by atoms with Crippen LogP contribution in [0.2, 0.25) is 4.34 Å². The van der Waals surface area contributed by atoms with Gasteiger partial charge in [-0.1, -0.05) is 18.5 Å². The lowest BCUT2D eigenvalue weighted by Gasteiger charge is -2.37. The Balaban J connectivity index is 1.42. The van der Waals surface area contributed by atoms with E-state index in [1.165, 1.54) is 34.8 Å². The van der Waals surface area contributed by atoms with Gasteiger partial charge in [0.25, 0.3) is 0 Å². The van der Waals surface area contributed by atoms with Gasteiger partial charge in [-0.2, -0.15) is 0 Å². The largest absolute Gasteiger partial charge is 0.369 e. The number of hydrogen-bond acceptors (Lipinski definition) is 6. The number of aromatic nitrogens is 1. The standard InChI is InChI=1S/C23H26ClFN4OS2/c1-3-28-8-10-29(11-9-28)19-5-4-16(25)12-18(19)15(2)26-22(30)13-17-14-31-23(27-17)20-6-7-21(24)32-20/h4-7,12,14-15H,3,8-11,13H2,1-2H3,(H,26,30). The van der Waals surface area contributed by atoms with E-state index < -0.39 is 0 Å². The first-order valence-electron chi connectivity index (χ1n) is 10.7. The highest BCUT2D eigenvalue weighted by molar-refractivity contribution is 7.23. The van der Waals surface area contributed by atoms with Gasteiger partial charge < -0.3 is 15.1 Å². The Hall–Kier alpha value is -2.00. The third kappa shape index (κ3) is 5.49. The van der Waals surface area contributed by atoms with E-state index in [4.69, 9.17) is 11.6 Å². The summed E-state index contributed by atoms with van der Waals surface area (Å²) in [6.45, 7) is 8.85. The summed E-state index contributed by atoms with van der Waals surface area (Å²) in [5, 5.41) is 5.78. The van der Waals surface area contributed by atoms with Crippen LogP contribution in [0.5, 0.6) is 0 Å². The number of nitrogens with one attached hydrogen (secondary N) is 1. The highest BCUT2D eigenvalue weighted by Gasteiger charge is 2.22. The van der Waals surface area contributed by atoms with Gasteiger partial charge in [0.15, 0.2) is 0 Å². The first kappa shape index (κ1) is 23.2. The second kappa shape index (κ2) is 10.3. The van der Waals surface area contributed by atoms with Gasteiger partial charge in [-0.3, -0.25) is 4.79 Å². The van der Waals surface area contributed by atoms with Crippen LogP contribution < -0.4 is 10.2 Å². The van der Waals surface area contributed by atoms with Gasteiger partial charge in [-0.25, -0.2) is 9.37 Å². The first-order chi connectivity index (χ1) is 15.4. The number of halogens is 2. The molecule has 1 N–H and O–H groups in total. The third-order valence-electron chi connectivity index (χ3n) is 5.67. The van der Waals surface area contributed by atoms with Crippen LogP contribution in [0.4, 0.5) is 10.1 Å². The first-order valence-corrected chi connectivity index (χ1v) is 12.8. The molecule has 0 spiro atoms. The number of thiophene rings is 1. The van der Waals surface area contributed by atoms with E-state index in [0.717, 1.165) is 59.6 Å². The van der Waals surface area contributed by atoms with Crippen molar-refractivity contribution in [3.05, 3.63) is 57.1 Å². The van der Waals surface area contributed by atoms with Crippen molar-refractivity contribution in [3.63, 3.8) is 0 Å². The summed E-state index contributed by atoms with van der Waals surface area (Å²) < 4.78 is 14.8. The molecule has 1 fully saturated rings. The van der Waals surface area contributed by atoms with Crippen molar-refractivity contribution in [1.82, 2.24) is 15.2 Å². The molecule has 1 atom stereocenters. The number of nitrogens with zero attached hydrogens (tertiary/aromatic N) is 3. The molecule has 0 radical (unpaired) electrons. The predicted octanol–water partition coefficient (Wildman–Crippen LogP) is 5.23. The minimum atomic E-state index is -0.313. The van der Waals surface area contributed by atoms with Crippen molar-refractivity contribution < 1.29 is 9.18 Å². The van der Waals surface area contributed by atoms with Crippen LogP contribution in [0.3, 0.4) is 0 Å². The average Bonchev–Trinajstić information content (AvgIpc) is 3.42. The number of benzene rings is 1. The van der Waals surface area contributed by atoms with Crippen LogP contribution in [0.1, 0.15) is 31.1 Å². The number of anilines is 1. The molecule has 1 saturated heterocycles. The smallest absolute Gasteiger partial charge is 0.226 e. The monoisotopic (exact) mass is 492 g/mol. The number of piperazine rings is 1. The summed E-state index contributed by atoms with van der Waals surface area (Å²) in [6.07, 6.45) is 0.180. The molecular weight excluding hydrogens is 467 g/mol. The van der Waals surface area contributed by atoms with Gasteiger partial charge in [0.2, 0.25) is 5.91 Å². The molecule has 1 aromatic carbocycles. The maximum atomic E-state index is 14.1. The van der Waals surface area contributed by atoms with Crippen LogP contribution in [0, 0.1) is 5.82 Å². The summed E-state index contributed by atoms with van der Waals surface area (Å²) in [7, 11) is 0. The van der Waals surface area contributed by atoms with E-state index in [2.05, 4.69) is 27.0 Å². The maximum Gasteiger partial charge on any atom is 0.226 e. The molecule has 2 aromatic heterocycles. The van der Waals surface area contributed by atoms with Crippen molar-refractivity contribution in [1.29, 1.82) is 0 Å². The van der Waals surface area contributed by atoms with Crippen molar-refractivity contribution >= 4 is 45.9 Å². The molecule has 3 heterocycles. The van der Waals surface area contributed by atoms with Gasteiger partial charge in [-0.05, 0) is 43.8 Å². The minimum Gasteiger partial charge on any atom is -0.369 e. The zero-order valence-corrected chi connectivity index (χ0v) is 20.5. The van der Waals surface area contributed by atoms with E-state index in [-0.39, 0.29) is 24.2 Å². The molecule has 1 amide bonds. The lowest BCUT2D eigenvalue weighted by atomic mass is 10.0. The van der Waals surface area contributed by atoms with Gasteiger partial charge in [0, 0.05) is 42.8 Å². The fourth-order valence-corrected chi connectivity index (χ4v) is 5.87. The van der Waals surface area contributed by atoms with Crippen LogP contribution >= 0.6 is 34.3 Å². The molecule has 3 aromatic rings. The lowest BCUT2D eigenvalue weighted by Crippen LogP contribution is -2.46. The van der Waals surface area contributed by atoms with Gasteiger partial charge in [-0.15, -0.1) is 22.7 Å². The Morgan fingerprint density at radius 3 is 2.72 bits per heavy atom. The van der Waals surface area contributed by atoms with Crippen molar-refractivity contribution in [2.45, 2.75) is 26.3 Å².